The Morgan fingerprint density at radius 1 is 1.19 bits per heavy atom. The molecule has 0 fully saturated rings. The van der Waals surface area contributed by atoms with Gasteiger partial charge in [-0.1, -0.05) is 12.1 Å². The Bertz CT molecular complexity index is 878. The maximum atomic E-state index is 12.4. The van der Waals surface area contributed by atoms with E-state index in [1.165, 1.54) is 0 Å². The summed E-state index contributed by atoms with van der Waals surface area (Å²) in [7, 11) is 3.18. The smallest absolute Gasteiger partial charge is 0.254 e. The molecule has 0 saturated carbocycles. The molecule has 0 radical (unpaired) electrons. The van der Waals surface area contributed by atoms with Crippen LogP contribution >= 0.6 is 0 Å². The standard InChI is InChI=1S/C21H24N2O4/c1-5-23-20(24)14-10-16-18(13-7-6-8-15(9-13)26-4)12(2)27-19(16)17(11-14)21(25)22-3/h6-12,18H,5H2,1-4H3,(H,22,25)(H,23,24). The molecule has 0 aliphatic carbocycles. The molecule has 142 valence electrons. The Morgan fingerprint density at radius 3 is 2.63 bits per heavy atom. The fraction of sp³-hybridized carbons (Fsp3) is 0.333. The first kappa shape index (κ1) is 18.8. The van der Waals surface area contributed by atoms with Crippen molar-refractivity contribution >= 4 is 11.8 Å². The third-order valence-corrected chi connectivity index (χ3v) is 4.75. The molecule has 2 atom stereocenters. The van der Waals surface area contributed by atoms with Gasteiger partial charge in [0.2, 0.25) is 0 Å². The van der Waals surface area contributed by atoms with Gasteiger partial charge in [-0.2, -0.15) is 0 Å². The van der Waals surface area contributed by atoms with Crippen LogP contribution in [0.2, 0.25) is 0 Å². The van der Waals surface area contributed by atoms with Crippen LogP contribution in [0.5, 0.6) is 11.5 Å². The van der Waals surface area contributed by atoms with E-state index in [2.05, 4.69) is 10.6 Å². The third kappa shape index (κ3) is 3.47. The summed E-state index contributed by atoms with van der Waals surface area (Å²) in [4.78, 5) is 24.8. The number of rotatable bonds is 5. The van der Waals surface area contributed by atoms with Gasteiger partial charge in [0.1, 0.15) is 17.6 Å². The average Bonchev–Trinajstić information content (AvgIpc) is 3.02. The number of nitrogens with one attached hydrogen (secondary N) is 2. The molecule has 6 nitrogen and oxygen atoms in total. The zero-order valence-electron chi connectivity index (χ0n) is 16.0. The second kappa shape index (κ2) is 7.70. The monoisotopic (exact) mass is 368 g/mol. The van der Waals surface area contributed by atoms with Crippen LogP contribution in [0.25, 0.3) is 0 Å². The molecule has 27 heavy (non-hydrogen) atoms. The molecule has 1 heterocycles. The van der Waals surface area contributed by atoms with Crippen LogP contribution in [0.15, 0.2) is 36.4 Å². The van der Waals surface area contributed by atoms with E-state index >= 15 is 0 Å². The SMILES string of the molecule is CCNC(=O)c1cc(C(=O)NC)c2c(c1)C(c1cccc(OC)c1)C(C)O2. The molecule has 2 amide bonds. The molecule has 0 spiro atoms. The Balaban J connectivity index is 2.16. The van der Waals surface area contributed by atoms with E-state index in [0.717, 1.165) is 16.9 Å². The fourth-order valence-corrected chi connectivity index (χ4v) is 3.50. The lowest BCUT2D eigenvalue weighted by atomic mass is 9.86. The Hall–Kier alpha value is -3.02. The molecule has 1 aliphatic rings. The molecule has 2 N–H and O–H groups in total. The van der Waals surface area contributed by atoms with Gasteiger partial charge in [-0.3, -0.25) is 9.59 Å². The first-order valence-electron chi connectivity index (χ1n) is 8.99. The van der Waals surface area contributed by atoms with Crippen molar-refractivity contribution in [3.8, 4) is 11.5 Å². The first-order valence-corrected chi connectivity index (χ1v) is 8.99. The van der Waals surface area contributed by atoms with Gasteiger partial charge in [-0.15, -0.1) is 0 Å². The predicted octanol–water partition coefficient (Wildman–Crippen LogP) is 2.72. The second-order valence-corrected chi connectivity index (χ2v) is 6.46. The quantitative estimate of drug-likeness (QED) is 0.851. The van der Waals surface area contributed by atoms with E-state index < -0.39 is 0 Å². The van der Waals surface area contributed by atoms with Gasteiger partial charge in [-0.25, -0.2) is 0 Å². The number of fused-ring (bicyclic) bond motifs is 1. The van der Waals surface area contributed by atoms with Gasteiger partial charge < -0.3 is 20.1 Å². The number of amides is 2. The highest BCUT2D eigenvalue weighted by Gasteiger charge is 2.36. The topological polar surface area (TPSA) is 76.7 Å². The molecule has 0 saturated heterocycles. The summed E-state index contributed by atoms with van der Waals surface area (Å²) in [6, 6.07) is 11.2. The Labute approximate surface area is 158 Å². The van der Waals surface area contributed by atoms with Crippen molar-refractivity contribution in [2.24, 2.45) is 0 Å². The highest BCUT2D eigenvalue weighted by Crippen LogP contribution is 2.45. The summed E-state index contributed by atoms with van der Waals surface area (Å²) in [6.07, 6.45) is -0.181. The summed E-state index contributed by atoms with van der Waals surface area (Å²) in [5, 5.41) is 5.42. The lowest BCUT2D eigenvalue weighted by Gasteiger charge is -2.16. The van der Waals surface area contributed by atoms with E-state index in [1.807, 2.05) is 44.2 Å². The van der Waals surface area contributed by atoms with E-state index in [9.17, 15) is 9.59 Å². The number of carbonyl (C=O) groups is 2. The highest BCUT2D eigenvalue weighted by atomic mass is 16.5. The maximum Gasteiger partial charge on any atom is 0.254 e. The summed E-state index contributed by atoms with van der Waals surface area (Å²) in [5.41, 5.74) is 2.66. The second-order valence-electron chi connectivity index (χ2n) is 6.46. The minimum Gasteiger partial charge on any atom is -0.497 e. The lowest BCUT2D eigenvalue weighted by Crippen LogP contribution is -2.24. The zero-order chi connectivity index (χ0) is 19.6. The number of benzene rings is 2. The van der Waals surface area contributed by atoms with Crippen LogP contribution in [0.1, 0.15) is 51.6 Å². The minimum absolute atomic E-state index is 0.104. The molecule has 6 heteroatoms. The van der Waals surface area contributed by atoms with Gasteiger partial charge in [0.15, 0.2) is 0 Å². The van der Waals surface area contributed by atoms with Crippen LogP contribution in [0.4, 0.5) is 0 Å². The van der Waals surface area contributed by atoms with Crippen molar-refractivity contribution in [1.29, 1.82) is 0 Å². The Kier molecular flexibility index (Phi) is 5.35. The van der Waals surface area contributed by atoms with Gasteiger partial charge in [0.25, 0.3) is 11.8 Å². The summed E-state index contributed by atoms with van der Waals surface area (Å²) < 4.78 is 11.4. The average molecular weight is 368 g/mol. The molecule has 2 unspecified atom stereocenters. The highest BCUT2D eigenvalue weighted by molar-refractivity contribution is 6.02. The molecule has 2 aromatic rings. The van der Waals surface area contributed by atoms with E-state index in [1.54, 1.807) is 20.2 Å². The maximum absolute atomic E-state index is 12.4. The summed E-state index contributed by atoms with van der Waals surface area (Å²) in [5.74, 6) is 0.681. The van der Waals surface area contributed by atoms with Crippen molar-refractivity contribution in [3.63, 3.8) is 0 Å². The normalized spacial score (nSPS) is 17.6. The van der Waals surface area contributed by atoms with Crippen LogP contribution in [-0.2, 0) is 0 Å². The zero-order valence-corrected chi connectivity index (χ0v) is 16.0. The predicted molar refractivity (Wildman–Crippen MR) is 103 cm³/mol. The van der Waals surface area contributed by atoms with Crippen LogP contribution in [-0.4, -0.2) is 38.6 Å². The third-order valence-electron chi connectivity index (χ3n) is 4.75. The Morgan fingerprint density at radius 2 is 1.96 bits per heavy atom. The van der Waals surface area contributed by atoms with Crippen LogP contribution in [0.3, 0.4) is 0 Å². The number of carbonyl (C=O) groups excluding carboxylic acids is 2. The number of methoxy groups -OCH3 is 1. The van der Waals surface area contributed by atoms with Crippen molar-refractivity contribution in [2.45, 2.75) is 25.9 Å². The number of hydrogen-bond acceptors (Lipinski definition) is 4. The van der Waals surface area contributed by atoms with Crippen LogP contribution < -0.4 is 20.1 Å². The van der Waals surface area contributed by atoms with Gasteiger partial charge >= 0.3 is 0 Å². The van der Waals surface area contributed by atoms with Gasteiger partial charge in [0, 0.05) is 30.6 Å². The lowest BCUT2D eigenvalue weighted by molar-refractivity contribution is 0.0955. The molecule has 2 aromatic carbocycles. The van der Waals surface area contributed by atoms with Crippen LogP contribution in [0, 0.1) is 0 Å². The minimum atomic E-state index is -0.282. The number of hydrogen-bond donors (Lipinski definition) is 2. The first-order chi connectivity index (χ1) is 13.0. The molecular weight excluding hydrogens is 344 g/mol. The summed E-state index contributed by atoms with van der Waals surface area (Å²) in [6.45, 7) is 4.33. The molecule has 3 rings (SSSR count). The molecule has 1 aliphatic heterocycles. The fourth-order valence-electron chi connectivity index (χ4n) is 3.50. The van der Waals surface area contributed by atoms with Gasteiger partial charge in [0.05, 0.1) is 12.7 Å². The molecule has 0 bridgehead atoms. The number of ether oxygens (including phenoxy) is 2. The van der Waals surface area contributed by atoms with Gasteiger partial charge in [-0.05, 0) is 43.7 Å². The van der Waals surface area contributed by atoms with E-state index in [0.29, 0.717) is 23.4 Å². The van der Waals surface area contributed by atoms with Crippen molar-refractivity contribution < 1.29 is 19.1 Å². The largest absolute Gasteiger partial charge is 0.497 e. The summed E-state index contributed by atoms with van der Waals surface area (Å²) >= 11 is 0. The van der Waals surface area contributed by atoms with Crippen molar-refractivity contribution in [3.05, 3.63) is 58.7 Å². The molecule has 0 aromatic heterocycles. The van der Waals surface area contributed by atoms with Crippen molar-refractivity contribution in [1.82, 2.24) is 10.6 Å². The van der Waals surface area contributed by atoms with E-state index in [4.69, 9.17) is 9.47 Å². The molecular formula is C21H24N2O4. The van der Waals surface area contributed by atoms with Crippen molar-refractivity contribution in [2.75, 3.05) is 20.7 Å². The van der Waals surface area contributed by atoms with E-state index in [-0.39, 0.29) is 23.8 Å².